The lowest BCUT2D eigenvalue weighted by Gasteiger charge is -1.90. The van der Waals surface area contributed by atoms with Gasteiger partial charge in [-0.1, -0.05) is 24.3 Å². The Labute approximate surface area is 65.4 Å². The minimum absolute atomic E-state index is 0.623. The highest BCUT2D eigenvalue weighted by Gasteiger charge is 1.84. The first-order chi connectivity index (χ1) is 4.93. The van der Waals surface area contributed by atoms with Gasteiger partial charge in [-0.2, -0.15) is 0 Å². The number of hydrogen-bond donors (Lipinski definition) is 0. The van der Waals surface area contributed by atoms with Crippen molar-refractivity contribution in [2.75, 3.05) is 0 Å². The molecule has 1 aromatic carbocycles. The van der Waals surface area contributed by atoms with Crippen LogP contribution in [0.5, 0.6) is 0 Å². The summed E-state index contributed by atoms with van der Waals surface area (Å²) in [6, 6.07) is 10.5. The van der Waals surface area contributed by atoms with Crippen molar-refractivity contribution >= 4 is 17.4 Å². The van der Waals surface area contributed by atoms with Gasteiger partial charge in [0.15, 0.2) is 0 Å². The van der Waals surface area contributed by atoms with Gasteiger partial charge in [0, 0.05) is 0 Å². The third-order valence-electron chi connectivity index (χ3n) is 1.11. The zero-order valence-corrected chi connectivity index (χ0v) is 6.19. The van der Waals surface area contributed by atoms with E-state index in [2.05, 4.69) is 28.4 Å². The van der Waals surface area contributed by atoms with Gasteiger partial charge in [-0.25, -0.2) is 4.99 Å². The van der Waals surface area contributed by atoms with Crippen LogP contribution in [0.1, 0.15) is 5.56 Å². The van der Waals surface area contributed by atoms with E-state index in [4.69, 9.17) is 0 Å². The fraction of sp³-hybridized carbons (Fsp3) is 0.125. The van der Waals surface area contributed by atoms with E-state index in [1.165, 1.54) is 0 Å². The summed E-state index contributed by atoms with van der Waals surface area (Å²) in [7, 11) is 0. The maximum absolute atomic E-state index is 4.43. The summed E-state index contributed by atoms with van der Waals surface area (Å²) < 4.78 is 0. The van der Waals surface area contributed by atoms with Crippen LogP contribution in [0.3, 0.4) is 0 Å². The highest BCUT2D eigenvalue weighted by molar-refractivity contribution is 7.78. The third-order valence-corrected chi connectivity index (χ3v) is 1.24. The SMILES string of the molecule is S=C=NCc1cc[c]cc1. The summed E-state index contributed by atoms with van der Waals surface area (Å²) in [6.07, 6.45) is 0. The van der Waals surface area contributed by atoms with Gasteiger partial charge in [0.1, 0.15) is 0 Å². The number of nitrogens with zero attached hydrogens (tertiary/aromatic N) is 1. The molecule has 1 radical (unpaired) electrons. The van der Waals surface area contributed by atoms with Gasteiger partial charge >= 0.3 is 0 Å². The molecule has 1 rings (SSSR count). The van der Waals surface area contributed by atoms with Crippen molar-refractivity contribution in [3.05, 3.63) is 35.9 Å². The monoisotopic (exact) mass is 148 g/mol. The quantitative estimate of drug-likeness (QED) is 0.462. The van der Waals surface area contributed by atoms with Crippen LogP contribution < -0.4 is 0 Å². The Bertz CT molecular complexity index is 237. The molecule has 10 heavy (non-hydrogen) atoms. The average molecular weight is 148 g/mol. The van der Waals surface area contributed by atoms with E-state index >= 15 is 0 Å². The molecule has 0 saturated heterocycles. The molecule has 49 valence electrons. The van der Waals surface area contributed by atoms with Crippen molar-refractivity contribution in [1.29, 1.82) is 0 Å². The molecule has 1 aromatic rings. The average Bonchev–Trinajstić information content (AvgIpc) is 2.03. The molecule has 0 aliphatic rings. The molecule has 0 amide bonds. The fourth-order valence-electron chi connectivity index (χ4n) is 0.650. The van der Waals surface area contributed by atoms with E-state index in [-0.39, 0.29) is 0 Å². The lowest BCUT2D eigenvalue weighted by Crippen LogP contribution is -1.77. The number of rotatable bonds is 2. The molecular formula is C8H6NS. The lowest BCUT2D eigenvalue weighted by atomic mass is 10.2. The smallest absolute Gasteiger partial charge is 0.0743 e. The summed E-state index contributed by atoms with van der Waals surface area (Å²) in [6.45, 7) is 0.623. The molecule has 2 heteroatoms. The zero-order valence-electron chi connectivity index (χ0n) is 5.37. The highest BCUT2D eigenvalue weighted by Crippen LogP contribution is 1.98. The van der Waals surface area contributed by atoms with E-state index in [1.54, 1.807) is 0 Å². The number of hydrogen-bond acceptors (Lipinski definition) is 2. The first-order valence-electron chi connectivity index (χ1n) is 2.92. The van der Waals surface area contributed by atoms with Gasteiger partial charge in [0.05, 0.1) is 11.7 Å². The molecule has 0 unspecified atom stereocenters. The second kappa shape index (κ2) is 3.94. The lowest BCUT2D eigenvalue weighted by molar-refractivity contribution is 1.08. The van der Waals surface area contributed by atoms with Crippen molar-refractivity contribution < 1.29 is 0 Å². The van der Waals surface area contributed by atoms with Crippen LogP contribution in [0, 0.1) is 6.07 Å². The van der Waals surface area contributed by atoms with Gasteiger partial charge in [-0.3, -0.25) is 0 Å². The van der Waals surface area contributed by atoms with Crippen LogP contribution in [0.4, 0.5) is 0 Å². The van der Waals surface area contributed by atoms with E-state index in [0.29, 0.717) is 6.54 Å². The predicted octanol–water partition coefficient (Wildman–Crippen LogP) is 2.09. The van der Waals surface area contributed by atoms with Crippen LogP contribution in [-0.4, -0.2) is 5.16 Å². The van der Waals surface area contributed by atoms with Crippen molar-refractivity contribution in [3.63, 3.8) is 0 Å². The molecular weight excluding hydrogens is 142 g/mol. The number of isothiocyanates is 1. The first kappa shape index (κ1) is 7.13. The normalized spacial score (nSPS) is 8.40. The third kappa shape index (κ3) is 2.09. The molecule has 0 fully saturated rings. The largest absolute Gasteiger partial charge is 0.228 e. The Kier molecular flexibility index (Phi) is 2.81. The van der Waals surface area contributed by atoms with Gasteiger partial charge in [0.25, 0.3) is 0 Å². The number of benzene rings is 1. The van der Waals surface area contributed by atoms with Crippen molar-refractivity contribution in [1.82, 2.24) is 0 Å². The molecule has 0 heterocycles. The number of thiocarbonyl (C=S) groups is 1. The maximum atomic E-state index is 4.43. The Morgan fingerprint density at radius 2 is 2.20 bits per heavy atom. The summed E-state index contributed by atoms with van der Waals surface area (Å²) in [5, 5.41) is 2.31. The zero-order chi connectivity index (χ0) is 7.23. The Balaban J connectivity index is 2.67. The van der Waals surface area contributed by atoms with Crippen molar-refractivity contribution in [2.45, 2.75) is 6.54 Å². The number of aliphatic imine (C=N–C) groups is 1. The molecule has 0 aliphatic heterocycles. The molecule has 0 N–H and O–H groups in total. The Morgan fingerprint density at radius 3 is 2.80 bits per heavy atom. The van der Waals surface area contributed by atoms with Crippen molar-refractivity contribution in [3.8, 4) is 0 Å². The molecule has 1 nitrogen and oxygen atoms in total. The minimum atomic E-state index is 0.623. The van der Waals surface area contributed by atoms with Crippen molar-refractivity contribution in [2.24, 2.45) is 4.99 Å². The van der Waals surface area contributed by atoms with Crippen LogP contribution in [0.15, 0.2) is 29.3 Å². The van der Waals surface area contributed by atoms with Crippen LogP contribution in [-0.2, 0) is 6.54 Å². The fourth-order valence-corrected chi connectivity index (χ4v) is 0.715. The minimum Gasteiger partial charge on any atom is -0.228 e. The van der Waals surface area contributed by atoms with Gasteiger partial charge < -0.3 is 0 Å². The molecule has 0 spiro atoms. The van der Waals surface area contributed by atoms with Crippen LogP contribution in [0.25, 0.3) is 0 Å². The summed E-state index contributed by atoms with van der Waals surface area (Å²) >= 11 is 4.43. The standard InChI is InChI=1S/C8H6NS/c10-7-9-6-8-4-2-1-3-5-8/h2-5H,6H2. The van der Waals surface area contributed by atoms with Crippen LogP contribution >= 0.6 is 12.2 Å². The first-order valence-corrected chi connectivity index (χ1v) is 3.33. The summed E-state index contributed by atoms with van der Waals surface area (Å²) in [4.78, 5) is 3.79. The Hall–Kier alpha value is -0.980. The van der Waals surface area contributed by atoms with E-state index < -0.39 is 0 Å². The molecule has 0 saturated carbocycles. The molecule has 0 aromatic heterocycles. The highest BCUT2D eigenvalue weighted by atomic mass is 32.1. The maximum Gasteiger partial charge on any atom is 0.0743 e. The Morgan fingerprint density at radius 1 is 1.50 bits per heavy atom. The topological polar surface area (TPSA) is 12.4 Å². The summed E-state index contributed by atoms with van der Waals surface area (Å²) in [5.74, 6) is 0. The molecule has 0 atom stereocenters. The van der Waals surface area contributed by atoms with E-state index in [0.717, 1.165) is 5.56 Å². The van der Waals surface area contributed by atoms with E-state index in [1.807, 2.05) is 24.3 Å². The predicted molar refractivity (Wildman–Crippen MR) is 44.0 cm³/mol. The second-order valence-electron chi connectivity index (χ2n) is 1.82. The van der Waals surface area contributed by atoms with Gasteiger partial charge in [-0.05, 0) is 23.8 Å². The molecule has 0 bridgehead atoms. The van der Waals surface area contributed by atoms with Gasteiger partial charge in [-0.15, -0.1) is 0 Å². The summed E-state index contributed by atoms with van der Waals surface area (Å²) in [5.41, 5.74) is 1.14. The molecule has 0 aliphatic carbocycles. The van der Waals surface area contributed by atoms with E-state index in [9.17, 15) is 0 Å². The second-order valence-corrected chi connectivity index (χ2v) is 2.00. The van der Waals surface area contributed by atoms with Gasteiger partial charge in [0.2, 0.25) is 0 Å². The van der Waals surface area contributed by atoms with Crippen LogP contribution in [0.2, 0.25) is 0 Å².